The van der Waals surface area contributed by atoms with Gasteiger partial charge in [-0.05, 0) is 25.2 Å². The van der Waals surface area contributed by atoms with Gasteiger partial charge >= 0.3 is 0 Å². The largest absolute Gasteiger partial charge is 0.394 e. The lowest BCUT2D eigenvalue weighted by atomic mass is 9.78. The summed E-state index contributed by atoms with van der Waals surface area (Å²) in [7, 11) is 0. The highest BCUT2D eigenvalue weighted by Gasteiger charge is 2.45. The van der Waals surface area contributed by atoms with Crippen LogP contribution in [0.15, 0.2) is 0 Å². The van der Waals surface area contributed by atoms with E-state index in [1.807, 2.05) is 13.8 Å². The van der Waals surface area contributed by atoms with Crippen LogP contribution in [0.4, 0.5) is 0 Å². The van der Waals surface area contributed by atoms with E-state index in [0.29, 0.717) is 17.8 Å². The number of aliphatic hydroxyl groups excluding tert-OH is 2. The molecule has 0 amide bonds. The minimum Gasteiger partial charge on any atom is -0.394 e. The number of rotatable bonds is 4. The number of hydrogen-bond donors (Lipinski definition) is 2. The molecule has 0 saturated carbocycles. The maximum Gasteiger partial charge on any atom is 0.161 e. The normalized spacial score (nSPS) is 51.7. The highest BCUT2D eigenvalue weighted by molar-refractivity contribution is 4.90. The summed E-state index contributed by atoms with van der Waals surface area (Å²) < 4.78 is 18.2. The quantitative estimate of drug-likeness (QED) is 0.827. The fourth-order valence-corrected chi connectivity index (χ4v) is 4.04. The van der Waals surface area contributed by atoms with Gasteiger partial charge in [0.05, 0.1) is 31.0 Å². The van der Waals surface area contributed by atoms with Gasteiger partial charge in [-0.1, -0.05) is 34.6 Å². The Morgan fingerprint density at radius 3 is 2.09 bits per heavy atom. The van der Waals surface area contributed by atoms with Gasteiger partial charge in [0.25, 0.3) is 0 Å². The topological polar surface area (TPSA) is 68.2 Å². The van der Waals surface area contributed by atoms with E-state index >= 15 is 0 Å². The Labute approximate surface area is 140 Å². The third-order valence-corrected chi connectivity index (χ3v) is 6.15. The van der Waals surface area contributed by atoms with Crippen molar-refractivity contribution in [2.24, 2.45) is 23.7 Å². The number of aliphatic hydroxyl groups is 2. The fraction of sp³-hybridized carbons (Fsp3) is 1.00. The van der Waals surface area contributed by atoms with Crippen LogP contribution in [0.5, 0.6) is 0 Å². The molecule has 10 atom stereocenters. The summed E-state index contributed by atoms with van der Waals surface area (Å²) in [6.07, 6.45) is -0.779. The van der Waals surface area contributed by atoms with Gasteiger partial charge in [-0.3, -0.25) is 0 Å². The summed E-state index contributed by atoms with van der Waals surface area (Å²) in [4.78, 5) is 0. The number of hydrogen-bond acceptors (Lipinski definition) is 5. The van der Waals surface area contributed by atoms with E-state index in [-0.39, 0.29) is 37.1 Å². The zero-order valence-corrected chi connectivity index (χ0v) is 15.3. The van der Waals surface area contributed by atoms with Crippen LogP contribution in [0.1, 0.15) is 48.0 Å². The Morgan fingerprint density at radius 2 is 1.52 bits per heavy atom. The molecule has 2 saturated heterocycles. The summed E-state index contributed by atoms with van der Waals surface area (Å²) in [5.41, 5.74) is 0. The summed E-state index contributed by atoms with van der Waals surface area (Å²) in [6.45, 7) is 12.5. The minimum absolute atomic E-state index is 0.110. The van der Waals surface area contributed by atoms with E-state index in [2.05, 4.69) is 27.7 Å². The van der Waals surface area contributed by atoms with Crippen molar-refractivity contribution in [1.82, 2.24) is 0 Å². The molecular formula is C18H34O5. The molecule has 5 nitrogen and oxygen atoms in total. The van der Waals surface area contributed by atoms with Crippen LogP contribution in [0.2, 0.25) is 0 Å². The number of ether oxygens (including phenoxy) is 3. The lowest BCUT2D eigenvalue weighted by molar-refractivity contribution is -0.304. The molecule has 2 aliphatic rings. The van der Waals surface area contributed by atoms with Crippen molar-refractivity contribution in [3.05, 3.63) is 0 Å². The van der Waals surface area contributed by atoms with Gasteiger partial charge in [0.2, 0.25) is 0 Å². The maximum absolute atomic E-state index is 10.3. The first-order valence-electron chi connectivity index (χ1n) is 9.07. The Bertz CT molecular complexity index is 374. The Morgan fingerprint density at radius 1 is 0.870 bits per heavy atom. The lowest BCUT2D eigenvalue weighted by Gasteiger charge is -2.48. The lowest BCUT2D eigenvalue weighted by Crippen LogP contribution is -2.57. The summed E-state index contributed by atoms with van der Waals surface area (Å²) in [5.74, 6) is 1.21. The van der Waals surface area contributed by atoms with Crippen LogP contribution in [-0.4, -0.2) is 53.6 Å². The molecule has 2 aliphatic heterocycles. The molecule has 136 valence electrons. The van der Waals surface area contributed by atoms with Gasteiger partial charge in [0.1, 0.15) is 6.10 Å². The summed E-state index contributed by atoms with van der Waals surface area (Å²) in [6, 6.07) is 0. The summed E-state index contributed by atoms with van der Waals surface area (Å²) in [5, 5.41) is 19.6. The van der Waals surface area contributed by atoms with Gasteiger partial charge in [0.15, 0.2) is 6.29 Å². The van der Waals surface area contributed by atoms with Gasteiger partial charge < -0.3 is 24.4 Å². The third-order valence-electron chi connectivity index (χ3n) is 6.15. The summed E-state index contributed by atoms with van der Waals surface area (Å²) >= 11 is 0. The van der Waals surface area contributed by atoms with Gasteiger partial charge in [-0.25, -0.2) is 0 Å². The first-order chi connectivity index (χ1) is 10.8. The van der Waals surface area contributed by atoms with Crippen molar-refractivity contribution >= 4 is 0 Å². The van der Waals surface area contributed by atoms with Crippen molar-refractivity contribution in [3.8, 4) is 0 Å². The van der Waals surface area contributed by atoms with Crippen molar-refractivity contribution < 1.29 is 24.4 Å². The van der Waals surface area contributed by atoms with Crippen molar-refractivity contribution in [2.75, 3.05) is 6.61 Å². The van der Waals surface area contributed by atoms with Gasteiger partial charge in [-0.2, -0.15) is 0 Å². The molecule has 0 spiro atoms. The molecule has 23 heavy (non-hydrogen) atoms. The van der Waals surface area contributed by atoms with E-state index in [4.69, 9.17) is 14.2 Å². The highest BCUT2D eigenvalue weighted by atomic mass is 16.7. The monoisotopic (exact) mass is 330 g/mol. The molecule has 0 aromatic carbocycles. The predicted molar refractivity (Wildman–Crippen MR) is 87.9 cm³/mol. The van der Waals surface area contributed by atoms with Crippen LogP contribution in [-0.2, 0) is 14.2 Å². The molecular weight excluding hydrogens is 296 g/mol. The molecule has 0 aliphatic carbocycles. The first kappa shape index (κ1) is 19.1. The molecule has 0 bridgehead atoms. The maximum atomic E-state index is 10.3. The molecule has 0 aromatic heterocycles. The Balaban J connectivity index is 2.08. The van der Waals surface area contributed by atoms with E-state index in [0.717, 1.165) is 6.42 Å². The molecule has 2 rings (SSSR count). The third kappa shape index (κ3) is 3.74. The van der Waals surface area contributed by atoms with Crippen molar-refractivity contribution in [3.63, 3.8) is 0 Å². The van der Waals surface area contributed by atoms with Crippen LogP contribution in [0.3, 0.4) is 0 Å². The van der Waals surface area contributed by atoms with E-state index in [1.165, 1.54) is 0 Å². The second-order valence-corrected chi connectivity index (χ2v) is 7.54. The van der Waals surface area contributed by atoms with E-state index < -0.39 is 12.2 Å². The molecule has 5 heteroatoms. The second kappa shape index (κ2) is 7.79. The standard InChI is InChI=1S/C18H34O5/c1-7-14-10(3)9(2)11(4)18(22-14)23-17-12(5)16(20)15(8-19)21-13(17)6/h9-20H,7-8H2,1-6H3/t9-,10-,11?,12-,13?,14?,15-,16?,17?,18+/m0/s1. The smallest absolute Gasteiger partial charge is 0.161 e. The van der Waals surface area contributed by atoms with E-state index in [1.54, 1.807) is 0 Å². The Hall–Kier alpha value is -0.200. The van der Waals surface area contributed by atoms with Crippen LogP contribution in [0.25, 0.3) is 0 Å². The van der Waals surface area contributed by atoms with Crippen molar-refractivity contribution in [2.45, 2.75) is 84.8 Å². The Kier molecular flexibility index (Phi) is 6.48. The molecule has 2 heterocycles. The average Bonchev–Trinajstić information content (AvgIpc) is 2.54. The second-order valence-electron chi connectivity index (χ2n) is 7.54. The molecule has 0 radical (unpaired) electrons. The van der Waals surface area contributed by atoms with Crippen molar-refractivity contribution in [1.29, 1.82) is 0 Å². The molecule has 2 N–H and O–H groups in total. The zero-order valence-electron chi connectivity index (χ0n) is 15.3. The van der Waals surface area contributed by atoms with Gasteiger partial charge in [-0.15, -0.1) is 0 Å². The van der Waals surface area contributed by atoms with Crippen LogP contribution < -0.4 is 0 Å². The average molecular weight is 330 g/mol. The minimum atomic E-state index is -0.724. The fourth-order valence-electron chi connectivity index (χ4n) is 4.04. The molecule has 5 unspecified atom stereocenters. The van der Waals surface area contributed by atoms with E-state index in [9.17, 15) is 10.2 Å². The SMILES string of the molecule is CCC1O[C@H](OC2C(C)O[C@@H](CO)C(O)[C@@H]2C)C(C)[C@@H](C)[C@@H]1C. The van der Waals surface area contributed by atoms with Crippen LogP contribution >= 0.6 is 0 Å². The predicted octanol–water partition coefficient (Wildman–Crippen LogP) is 2.19. The van der Waals surface area contributed by atoms with Crippen LogP contribution in [0, 0.1) is 23.7 Å². The molecule has 0 aromatic rings. The van der Waals surface area contributed by atoms with Gasteiger partial charge in [0, 0.05) is 11.8 Å². The molecule has 2 fully saturated rings. The highest BCUT2D eigenvalue weighted by Crippen LogP contribution is 2.39. The first-order valence-corrected chi connectivity index (χ1v) is 9.07. The zero-order chi connectivity index (χ0) is 17.3.